The van der Waals surface area contributed by atoms with Gasteiger partial charge in [0.2, 0.25) is 21.8 Å². The maximum absolute atomic E-state index is 13.9. The van der Waals surface area contributed by atoms with Crippen molar-refractivity contribution in [1.29, 1.82) is 0 Å². The van der Waals surface area contributed by atoms with Crippen molar-refractivity contribution >= 4 is 27.5 Å². The van der Waals surface area contributed by atoms with E-state index in [0.29, 0.717) is 18.7 Å². The zero-order valence-electron chi connectivity index (χ0n) is 22.6. The Balaban J connectivity index is 2.01. The van der Waals surface area contributed by atoms with Crippen molar-refractivity contribution in [3.63, 3.8) is 0 Å². The summed E-state index contributed by atoms with van der Waals surface area (Å²) in [7, 11) is -3.77. The fourth-order valence-corrected chi connectivity index (χ4v) is 5.10. The van der Waals surface area contributed by atoms with Crippen LogP contribution in [-0.2, 0) is 39.0 Å². The van der Waals surface area contributed by atoms with E-state index in [0.717, 1.165) is 39.2 Å². The monoisotopic (exact) mass is 535 g/mol. The van der Waals surface area contributed by atoms with Crippen LogP contribution in [0.25, 0.3) is 0 Å². The third-order valence-electron chi connectivity index (χ3n) is 6.41. The molecule has 8 heteroatoms. The van der Waals surface area contributed by atoms with Crippen molar-refractivity contribution in [2.75, 3.05) is 23.7 Å². The van der Waals surface area contributed by atoms with Crippen molar-refractivity contribution in [3.05, 3.63) is 101 Å². The van der Waals surface area contributed by atoms with Crippen LogP contribution >= 0.6 is 0 Å². The molecule has 0 aliphatic rings. The second-order valence-electron chi connectivity index (χ2n) is 9.40. The molecule has 3 aromatic rings. The lowest BCUT2D eigenvalue weighted by atomic mass is 10.0. The van der Waals surface area contributed by atoms with E-state index in [4.69, 9.17) is 0 Å². The van der Waals surface area contributed by atoms with Gasteiger partial charge in [0.25, 0.3) is 0 Å². The topological polar surface area (TPSA) is 86.8 Å². The van der Waals surface area contributed by atoms with Gasteiger partial charge in [-0.05, 0) is 49.1 Å². The maximum Gasteiger partial charge on any atom is 0.244 e. The summed E-state index contributed by atoms with van der Waals surface area (Å²) in [6.45, 7) is 5.99. The van der Waals surface area contributed by atoms with E-state index in [9.17, 15) is 18.0 Å². The zero-order valence-corrected chi connectivity index (χ0v) is 23.4. The zero-order chi connectivity index (χ0) is 27.7. The molecule has 0 aromatic heterocycles. The predicted octanol–water partition coefficient (Wildman–Crippen LogP) is 4.10. The van der Waals surface area contributed by atoms with Crippen LogP contribution in [0.3, 0.4) is 0 Å². The molecular formula is C30H37N3O4S. The van der Waals surface area contributed by atoms with E-state index in [1.54, 1.807) is 12.1 Å². The molecule has 1 N–H and O–H groups in total. The van der Waals surface area contributed by atoms with Crippen LogP contribution in [0.5, 0.6) is 0 Å². The summed E-state index contributed by atoms with van der Waals surface area (Å²) in [6, 6.07) is 23.6. The van der Waals surface area contributed by atoms with Gasteiger partial charge in [-0.1, -0.05) is 79.2 Å². The van der Waals surface area contributed by atoms with Crippen LogP contribution in [-0.4, -0.2) is 50.5 Å². The number of benzene rings is 3. The summed E-state index contributed by atoms with van der Waals surface area (Å²) in [5.74, 6) is -0.738. The van der Waals surface area contributed by atoms with Crippen molar-refractivity contribution in [2.24, 2.45) is 0 Å². The van der Waals surface area contributed by atoms with Crippen LogP contribution in [0.15, 0.2) is 78.9 Å². The number of sulfonamides is 1. The molecule has 0 aliphatic heterocycles. The molecule has 0 fully saturated rings. The van der Waals surface area contributed by atoms with E-state index in [2.05, 4.69) is 5.32 Å². The number of rotatable bonds is 12. The number of nitrogens with zero attached hydrogens (tertiary/aromatic N) is 2. The van der Waals surface area contributed by atoms with Gasteiger partial charge in [-0.3, -0.25) is 13.9 Å². The standard InChI is InChI=1S/C30H37N3O4S/c1-5-24-16-18-27(19-17-24)33(38(4,36)37)22-29(34)32(21-26-14-12-23(3)13-15-26)28(30(35)31-6-2)20-25-10-8-7-9-11-25/h7-19,28H,5-6,20-22H2,1-4H3,(H,31,35)/t28-/m1/s1. The summed E-state index contributed by atoms with van der Waals surface area (Å²) in [4.78, 5) is 28.8. The molecule has 0 saturated heterocycles. The number of likely N-dealkylation sites (N-methyl/N-ethyl adjacent to an activating group) is 1. The van der Waals surface area contributed by atoms with Crippen LogP contribution in [0.1, 0.15) is 36.1 Å². The third kappa shape index (κ3) is 7.92. The molecule has 1 atom stereocenters. The lowest BCUT2D eigenvalue weighted by Gasteiger charge is -2.33. The Hall–Kier alpha value is -3.65. The molecular weight excluding hydrogens is 498 g/mol. The molecule has 0 spiro atoms. The van der Waals surface area contributed by atoms with Crippen LogP contribution in [0.4, 0.5) is 5.69 Å². The molecule has 3 rings (SSSR count). The van der Waals surface area contributed by atoms with Crippen molar-refractivity contribution < 1.29 is 18.0 Å². The largest absolute Gasteiger partial charge is 0.355 e. The first-order chi connectivity index (χ1) is 18.1. The summed E-state index contributed by atoms with van der Waals surface area (Å²) >= 11 is 0. The van der Waals surface area contributed by atoms with Gasteiger partial charge in [0.05, 0.1) is 11.9 Å². The summed E-state index contributed by atoms with van der Waals surface area (Å²) in [5.41, 5.74) is 4.31. The van der Waals surface area contributed by atoms with E-state index < -0.39 is 28.5 Å². The fourth-order valence-electron chi connectivity index (χ4n) is 4.25. The van der Waals surface area contributed by atoms with Crippen LogP contribution < -0.4 is 9.62 Å². The molecule has 202 valence electrons. The minimum absolute atomic E-state index is 0.167. The Bertz CT molecular complexity index is 1310. The number of anilines is 1. The summed E-state index contributed by atoms with van der Waals surface area (Å²) < 4.78 is 26.7. The highest BCUT2D eigenvalue weighted by Crippen LogP contribution is 2.21. The number of carbonyl (C=O) groups is 2. The van der Waals surface area contributed by atoms with Gasteiger partial charge in [-0.15, -0.1) is 0 Å². The van der Waals surface area contributed by atoms with E-state index in [-0.39, 0.29) is 12.5 Å². The van der Waals surface area contributed by atoms with Crippen LogP contribution in [0, 0.1) is 6.92 Å². The van der Waals surface area contributed by atoms with Gasteiger partial charge in [-0.25, -0.2) is 8.42 Å². The quantitative estimate of drug-likeness (QED) is 0.378. The second-order valence-corrected chi connectivity index (χ2v) is 11.3. The molecule has 7 nitrogen and oxygen atoms in total. The highest BCUT2D eigenvalue weighted by Gasteiger charge is 2.32. The first-order valence-electron chi connectivity index (χ1n) is 12.9. The Morgan fingerprint density at radius 1 is 0.842 bits per heavy atom. The normalized spacial score (nSPS) is 12.0. The second kappa shape index (κ2) is 13.2. The first kappa shape index (κ1) is 28.9. The number of hydrogen-bond acceptors (Lipinski definition) is 4. The average molecular weight is 536 g/mol. The van der Waals surface area contributed by atoms with Crippen molar-refractivity contribution in [1.82, 2.24) is 10.2 Å². The van der Waals surface area contributed by atoms with Gasteiger partial charge in [-0.2, -0.15) is 0 Å². The van der Waals surface area contributed by atoms with Gasteiger partial charge in [0, 0.05) is 19.5 Å². The van der Waals surface area contributed by atoms with E-state index >= 15 is 0 Å². The van der Waals surface area contributed by atoms with Crippen LogP contribution in [0.2, 0.25) is 0 Å². The van der Waals surface area contributed by atoms with Gasteiger partial charge < -0.3 is 10.2 Å². The molecule has 3 aromatic carbocycles. The van der Waals surface area contributed by atoms with Gasteiger partial charge in [0.1, 0.15) is 12.6 Å². The minimum Gasteiger partial charge on any atom is -0.355 e. The molecule has 38 heavy (non-hydrogen) atoms. The number of nitrogens with one attached hydrogen (secondary N) is 1. The van der Waals surface area contributed by atoms with Crippen molar-refractivity contribution in [3.8, 4) is 0 Å². The number of amides is 2. The lowest BCUT2D eigenvalue weighted by molar-refractivity contribution is -0.140. The Morgan fingerprint density at radius 2 is 1.45 bits per heavy atom. The molecule has 0 radical (unpaired) electrons. The number of hydrogen-bond donors (Lipinski definition) is 1. The third-order valence-corrected chi connectivity index (χ3v) is 7.55. The minimum atomic E-state index is -3.77. The first-order valence-corrected chi connectivity index (χ1v) is 14.7. The van der Waals surface area contributed by atoms with Gasteiger partial charge in [0.15, 0.2) is 0 Å². The molecule has 0 saturated carbocycles. The van der Waals surface area contributed by atoms with Crippen molar-refractivity contribution in [2.45, 2.75) is 46.2 Å². The highest BCUT2D eigenvalue weighted by atomic mass is 32.2. The van der Waals surface area contributed by atoms with E-state index in [1.165, 1.54) is 4.90 Å². The highest BCUT2D eigenvalue weighted by molar-refractivity contribution is 7.92. The number of aryl methyl sites for hydroxylation is 2. The average Bonchev–Trinajstić information content (AvgIpc) is 2.90. The lowest BCUT2D eigenvalue weighted by Crippen LogP contribution is -2.53. The Morgan fingerprint density at radius 3 is 2.00 bits per heavy atom. The van der Waals surface area contributed by atoms with E-state index in [1.807, 2.05) is 87.5 Å². The predicted molar refractivity (Wildman–Crippen MR) is 152 cm³/mol. The fraction of sp³-hybridized carbons (Fsp3) is 0.333. The molecule has 0 bridgehead atoms. The Labute approximate surface area is 226 Å². The van der Waals surface area contributed by atoms with Gasteiger partial charge >= 0.3 is 0 Å². The smallest absolute Gasteiger partial charge is 0.244 e. The molecule has 2 amide bonds. The SMILES string of the molecule is CCNC(=O)[C@@H](Cc1ccccc1)N(Cc1ccc(C)cc1)C(=O)CN(c1ccc(CC)cc1)S(C)(=O)=O. The maximum atomic E-state index is 13.9. The molecule has 0 unspecified atom stereocenters. The molecule has 0 heterocycles. The number of carbonyl (C=O) groups excluding carboxylic acids is 2. The summed E-state index contributed by atoms with van der Waals surface area (Å²) in [6.07, 6.45) is 2.20. The Kier molecular flexibility index (Phi) is 10.1. The summed E-state index contributed by atoms with van der Waals surface area (Å²) in [5, 5.41) is 2.86. The molecule has 0 aliphatic carbocycles.